The summed E-state index contributed by atoms with van der Waals surface area (Å²) in [6.07, 6.45) is 2.87. The molecule has 15 heavy (non-hydrogen) atoms. The summed E-state index contributed by atoms with van der Waals surface area (Å²) in [6.45, 7) is 3.26. The normalized spacial score (nSPS) is 36.9. The molecule has 3 nitrogen and oxygen atoms in total. The first kappa shape index (κ1) is 10.9. The largest absolute Gasteiger partial charge is 0.339 e. The second-order valence-electron chi connectivity index (χ2n) is 4.67. The zero-order chi connectivity index (χ0) is 10.8. The van der Waals surface area contributed by atoms with Crippen LogP contribution in [0.15, 0.2) is 0 Å². The molecule has 0 aliphatic carbocycles. The Morgan fingerprint density at radius 1 is 1.47 bits per heavy atom. The van der Waals surface area contributed by atoms with Crippen LogP contribution < -0.4 is 5.32 Å². The summed E-state index contributed by atoms with van der Waals surface area (Å²) < 4.78 is 13.0. The van der Waals surface area contributed by atoms with E-state index >= 15 is 0 Å². The SMILES string of the molecule is CC1CCCCN1C(=O)[C@H]1C[C@H](F)CN1. The van der Waals surface area contributed by atoms with E-state index in [4.69, 9.17) is 0 Å². The monoisotopic (exact) mass is 214 g/mol. The van der Waals surface area contributed by atoms with Gasteiger partial charge in [0.1, 0.15) is 6.17 Å². The fourth-order valence-electron chi connectivity index (χ4n) is 2.51. The highest BCUT2D eigenvalue weighted by Gasteiger charge is 2.34. The lowest BCUT2D eigenvalue weighted by molar-refractivity contribution is -0.136. The lowest BCUT2D eigenvalue weighted by Gasteiger charge is -2.35. The first-order valence-corrected chi connectivity index (χ1v) is 5.86. The van der Waals surface area contributed by atoms with Crippen molar-refractivity contribution in [1.82, 2.24) is 10.2 Å². The second-order valence-corrected chi connectivity index (χ2v) is 4.67. The van der Waals surface area contributed by atoms with Crippen LogP contribution in [0.3, 0.4) is 0 Å². The molecule has 86 valence electrons. The maximum Gasteiger partial charge on any atom is 0.240 e. The van der Waals surface area contributed by atoms with Crippen molar-refractivity contribution < 1.29 is 9.18 Å². The van der Waals surface area contributed by atoms with E-state index in [-0.39, 0.29) is 11.9 Å². The van der Waals surface area contributed by atoms with Crippen LogP contribution in [-0.4, -0.2) is 42.2 Å². The minimum absolute atomic E-state index is 0.0994. The van der Waals surface area contributed by atoms with Crippen LogP contribution in [0.2, 0.25) is 0 Å². The molecule has 3 atom stereocenters. The van der Waals surface area contributed by atoms with Crippen LogP contribution in [0.4, 0.5) is 4.39 Å². The molecule has 2 aliphatic heterocycles. The molecule has 0 spiro atoms. The topological polar surface area (TPSA) is 32.3 Å². The highest BCUT2D eigenvalue weighted by atomic mass is 19.1. The van der Waals surface area contributed by atoms with Crippen LogP contribution >= 0.6 is 0 Å². The molecule has 1 N–H and O–H groups in total. The summed E-state index contributed by atoms with van der Waals surface area (Å²) in [5.41, 5.74) is 0. The number of nitrogens with one attached hydrogen (secondary N) is 1. The molecule has 1 amide bonds. The highest BCUT2D eigenvalue weighted by Crippen LogP contribution is 2.20. The average Bonchev–Trinajstić information content (AvgIpc) is 2.65. The summed E-state index contributed by atoms with van der Waals surface area (Å²) in [7, 11) is 0. The van der Waals surface area contributed by atoms with E-state index in [1.807, 2.05) is 4.90 Å². The summed E-state index contributed by atoms with van der Waals surface area (Å²) in [4.78, 5) is 14.0. The number of rotatable bonds is 1. The number of carbonyl (C=O) groups excluding carboxylic acids is 1. The predicted octanol–water partition coefficient (Wildman–Crippen LogP) is 1.09. The molecule has 0 aromatic rings. The molecular formula is C11H19FN2O. The van der Waals surface area contributed by atoms with Gasteiger partial charge in [-0.05, 0) is 26.2 Å². The number of alkyl halides is 1. The number of carbonyl (C=O) groups is 1. The van der Waals surface area contributed by atoms with Crippen LogP contribution in [-0.2, 0) is 4.79 Å². The third-order valence-corrected chi connectivity index (χ3v) is 3.46. The maximum atomic E-state index is 13.0. The first-order valence-electron chi connectivity index (χ1n) is 5.86. The lowest BCUT2D eigenvalue weighted by Crippen LogP contribution is -2.49. The zero-order valence-electron chi connectivity index (χ0n) is 9.21. The van der Waals surface area contributed by atoms with Gasteiger partial charge in [0.2, 0.25) is 5.91 Å². The number of likely N-dealkylation sites (tertiary alicyclic amines) is 1. The number of halogens is 1. The molecule has 0 radical (unpaired) electrons. The summed E-state index contributed by atoms with van der Waals surface area (Å²) >= 11 is 0. The predicted molar refractivity (Wildman–Crippen MR) is 56.3 cm³/mol. The zero-order valence-corrected chi connectivity index (χ0v) is 9.21. The van der Waals surface area contributed by atoms with Crippen LogP contribution in [0.1, 0.15) is 32.6 Å². The van der Waals surface area contributed by atoms with Crippen LogP contribution in [0, 0.1) is 0 Å². The first-order chi connectivity index (χ1) is 7.18. The molecule has 2 rings (SSSR count). The van der Waals surface area contributed by atoms with Crippen molar-refractivity contribution in [2.45, 2.75) is 50.9 Å². The number of hydrogen-bond acceptors (Lipinski definition) is 2. The third-order valence-electron chi connectivity index (χ3n) is 3.46. The molecule has 2 heterocycles. The van der Waals surface area contributed by atoms with Gasteiger partial charge in [-0.3, -0.25) is 4.79 Å². The Balaban J connectivity index is 1.94. The molecule has 2 fully saturated rings. The summed E-state index contributed by atoms with van der Waals surface area (Å²) in [5.74, 6) is 0.0994. The standard InChI is InChI=1S/C11H19FN2O/c1-8-4-2-3-5-14(8)11(15)10-6-9(12)7-13-10/h8-10,13H,2-7H2,1H3/t8?,9-,10+/m0/s1. The second kappa shape index (κ2) is 4.47. The minimum atomic E-state index is -0.848. The lowest BCUT2D eigenvalue weighted by atomic mass is 10.0. The van der Waals surface area contributed by atoms with Gasteiger partial charge in [0, 0.05) is 25.6 Å². The number of piperidine rings is 1. The number of nitrogens with zero attached hydrogens (tertiary/aromatic N) is 1. The Labute approximate surface area is 90.0 Å². The van der Waals surface area contributed by atoms with Crippen molar-refractivity contribution in [3.63, 3.8) is 0 Å². The van der Waals surface area contributed by atoms with Gasteiger partial charge < -0.3 is 10.2 Å². The van der Waals surface area contributed by atoms with E-state index < -0.39 is 6.17 Å². The van der Waals surface area contributed by atoms with Gasteiger partial charge in [-0.1, -0.05) is 0 Å². The third kappa shape index (κ3) is 2.30. The van der Waals surface area contributed by atoms with E-state index in [0.717, 1.165) is 19.4 Å². The highest BCUT2D eigenvalue weighted by molar-refractivity contribution is 5.82. The van der Waals surface area contributed by atoms with Gasteiger partial charge in [-0.15, -0.1) is 0 Å². The Kier molecular flexibility index (Phi) is 3.24. The fraction of sp³-hybridized carbons (Fsp3) is 0.909. The van der Waals surface area contributed by atoms with Crippen LogP contribution in [0.5, 0.6) is 0 Å². The molecule has 0 aromatic heterocycles. The average molecular weight is 214 g/mol. The van der Waals surface area contributed by atoms with E-state index in [1.165, 1.54) is 6.42 Å². The van der Waals surface area contributed by atoms with Crippen molar-refractivity contribution >= 4 is 5.91 Å². The quantitative estimate of drug-likeness (QED) is 0.708. The summed E-state index contributed by atoms with van der Waals surface area (Å²) in [5, 5.41) is 2.96. The Morgan fingerprint density at radius 3 is 2.87 bits per heavy atom. The minimum Gasteiger partial charge on any atom is -0.339 e. The summed E-state index contributed by atoms with van der Waals surface area (Å²) in [6, 6.07) is 0.0484. The Morgan fingerprint density at radius 2 is 2.27 bits per heavy atom. The molecule has 0 aromatic carbocycles. The Hall–Kier alpha value is -0.640. The van der Waals surface area contributed by atoms with Crippen LogP contribution in [0.25, 0.3) is 0 Å². The van der Waals surface area contributed by atoms with E-state index in [1.54, 1.807) is 0 Å². The fourth-order valence-corrected chi connectivity index (χ4v) is 2.51. The van der Waals surface area contributed by atoms with Gasteiger partial charge in [-0.25, -0.2) is 4.39 Å². The molecule has 2 aliphatic rings. The number of amides is 1. The molecule has 2 saturated heterocycles. The van der Waals surface area contributed by atoms with Gasteiger partial charge >= 0.3 is 0 Å². The smallest absolute Gasteiger partial charge is 0.240 e. The molecule has 0 bridgehead atoms. The van der Waals surface area contributed by atoms with Crippen molar-refractivity contribution in [2.24, 2.45) is 0 Å². The van der Waals surface area contributed by atoms with E-state index in [9.17, 15) is 9.18 Å². The van der Waals surface area contributed by atoms with Gasteiger partial charge in [0.25, 0.3) is 0 Å². The van der Waals surface area contributed by atoms with Crippen molar-refractivity contribution in [1.29, 1.82) is 0 Å². The molecular weight excluding hydrogens is 195 g/mol. The van der Waals surface area contributed by atoms with Gasteiger partial charge in [-0.2, -0.15) is 0 Å². The maximum absolute atomic E-state index is 13.0. The Bertz CT molecular complexity index is 247. The van der Waals surface area contributed by atoms with Crippen molar-refractivity contribution in [3.05, 3.63) is 0 Å². The molecule has 4 heteroatoms. The van der Waals surface area contributed by atoms with Crippen molar-refractivity contribution in [3.8, 4) is 0 Å². The van der Waals surface area contributed by atoms with Gasteiger partial charge in [0.15, 0.2) is 0 Å². The molecule has 1 unspecified atom stereocenters. The molecule has 0 saturated carbocycles. The van der Waals surface area contributed by atoms with Gasteiger partial charge in [0.05, 0.1) is 6.04 Å². The van der Waals surface area contributed by atoms with E-state index in [0.29, 0.717) is 19.0 Å². The van der Waals surface area contributed by atoms with Crippen molar-refractivity contribution in [2.75, 3.05) is 13.1 Å². The van der Waals surface area contributed by atoms with E-state index in [2.05, 4.69) is 12.2 Å². The number of hydrogen-bond donors (Lipinski definition) is 1.